The fraction of sp³-hybridized carbons (Fsp3) is 0.238. The summed E-state index contributed by atoms with van der Waals surface area (Å²) in [4.78, 5) is 26.6. The number of hydrogen-bond acceptors (Lipinski definition) is 5. The van der Waals surface area contributed by atoms with E-state index < -0.39 is 0 Å². The Morgan fingerprint density at radius 3 is 2.72 bits per heavy atom. The first-order chi connectivity index (χ1) is 14.0. The summed E-state index contributed by atoms with van der Waals surface area (Å²) < 4.78 is 0. The highest BCUT2D eigenvalue weighted by atomic mass is 35.5. The van der Waals surface area contributed by atoms with Crippen molar-refractivity contribution in [1.29, 1.82) is 0 Å². The molecular formula is C21H19ClN4O2S. The van der Waals surface area contributed by atoms with E-state index in [9.17, 15) is 9.59 Å². The number of nitrogens with zero attached hydrogens (tertiary/aromatic N) is 3. The average Bonchev–Trinajstić information content (AvgIpc) is 3.31. The van der Waals surface area contributed by atoms with E-state index in [4.69, 9.17) is 11.6 Å². The monoisotopic (exact) mass is 426 g/mol. The molecule has 0 aliphatic carbocycles. The van der Waals surface area contributed by atoms with Crippen LogP contribution < -0.4 is 10.2 Å². The van der Waals surface area contributed by atoms with Crippen molar-refractivity contribution in [3.63, 3.8) is 0 Å². The van der Waals surface area contributed by atoms with Gasteiger partial charge in [-0.1, -0.05) is 53.3 Å². The third-order valence-corrected chi connectivity index (χ3v) is 6.10. The molecule has 3 aromatic rings. The number of rotatable bonds is 5. The number of carbonyl (C=O) groups is 2. The van der Waals surface area contributed by atoms with Crippen LogP contribution in [0.3, 0.4) is 0 Å². The van der Waals surface area contributed by atoms with E-state index in [1.165, 1.54) is 11.3 Å². The van der Waals surface area contributed by atoms with Crippen molar-refractivity contribution in [2.24, 2.45) is 0 Å². The van der Waals surface area contributed by atoms with E-state index >= 15 is 0 Å². The molecule has 1 aliphatic rings. The molecule has 1 atom stereocenters. The van der Waals surface area contributed by atoms with Gasteiger partial charge in [-0.3, -0.25) is 9.59 Å². The van der Waals surface area contributed by atoms with Gasteiger partial charge in [0.15, 0.2) is 0 Å². The number of amides is 2. The van der Waals surface area contributed by atoms with Crippen LogP contribution in [-0.4, -0.2) is 28.6 Å². The number of para-hydroxylation sites is 1. The third-order valence-electron chi connectivity index (χ3n) is 4.85. The molecule has 8 heteroatoms. The molecule has 1 N–H and O–H groups in total. The highest BCUT2D eigenvalue weighted by Gasteiger charge is 2.34. The van der Waals surface area contributed by atoms with Gasteiger partial charge in [-0.2, -0.15) is 0 Å². The van der Waals surface area contributed by atoms with E-state index in [0.29, 0.717) is 23.1 Å². The molecule has 0 bridgehead atoms. The maximum atomic E-state index is 12.5. The summed E-state index contributed by atoms with van der Waals surface area (Å²) >= 11 is 7.19. The number of carbonyl (C=O) groups excluding carboxylic acids is 2. The van der Waals surface area contributed by atoms with Crippen LogP contribution in [0.25, 0.3) is 0 Å². The zero-order valence-corrected chi connectivity index (χ0v) is 17.3. The van der Waals surface area contributed by atoms with Gasteiger partial charge in [0.05, 0.1) is 6.42 Å². The van der Waals surface area contributed by atoms with Gasteiger partial charge in [-0.05, 0) is 36.2 Å². The quantitative estimate of drug-likeness (QED) is 0.663. The number of aromatic nitrogens is 2. The summed E-state index contributed by atoms with van der Waals surface area (Å²) in [6.45, 7) is 2.56. The first-order valence-electron chi connectivity index (χ1n) is 9.23. The van der Waals surface area contributed by atoms with Gasteiger partial charge in [-0.15, -0.1) is 10.2 Å². The first kappa shape index (κ1) is 19.5. The predicted molar refractivity (Wildman–Crippen MR) is 115 cm³/mol. The molecule has 4 rings (SSSR count). The maximum Gasteiger partial charge on any atom is 0.230 e. The summed E-state index contributed by atoms with van der Waals surface area (Å²) in [6.07, 6.45) is 0.622. The van der Waals surface area contributed by atoms with Gasteiger partial charge in [0, 0.05) is 29.6 Å². The zero-order chi connectivity index (χ0) is 20.4. The lowest BCUT2D eigenvalue weighted by Crippen LogP contribution is -2.25. The average molecular weight is 427 g/mol. The molecule has 1 saturated heterocycles. The summed E-state index contributed by atoms with van der Waals surface area (Å²) in [5, 5.41) is 12.9. The van der Waals surface area contributed by atoms with Gasteiger partial charge < -0.3 is 10.2 Å². The van der Waals surface area contributed by atoms with Crippen molar-refractivity contribution >= 4 is 45.6 Å². The number of nitrogens with one attached hydrogen (secondary N) is 1. The minimum absolute atomic E-state index is 0.0264. The second-order valence-corrected chi connectivity index (χ2v) is 8.43. The molecule has 1 fully saturated rings. The second kappa shape index (κ2) is 8.31. The Morgan fingerprint density at radius 1 is 1.21 bits per heavy atom. The summed E-state index contributed by atoms with van der Waals surface area (Å²) in [5.74, 6) is -0.117. The Kier molecular flexibility index (Phi) is 5.60. The Labute approximate surface area is 177 Å². The van der Waals surface area contributed by atoms with Crippen molar-refractivity contribution in [1.82, 2.24) is 10.2 Å². The summed E-state index contributed by atoms with van der Waals surface area (Å²) in [6, 6.07) is 15.0. The van der Waals surface area contributed by atoms with Gasteiger partial charge in [-0.25, -0.2) is 0 Å². The zero-order valence-electron chi connectivity index (χ0n) is 15.8. The minimum Gasteiger partial charge on any atom is -0.311 e. The highest BCUT2D eigenvalue weighted by molar-refractivity contribution is 7.15. The molecule has 29 heavy (non-hydrogen) atoms. The molecule has 0 saturated carbocycles. The Hall–Kier alpha value is -2.77. The number of anilines is 2. The second-order valence-electron chi connectivity index (χ2n) is 6.99. The Balaban J connectivity index is 1.40. The number of halogens is 1. The molecule has 0 radical (unpaired) electrons. The minimum atomic E-state index is -0.168. The van der Waals surface area contributed by atoms with Crippen LogP contribution in [-0.2, 0) is 16.0 Å². The van der Waals surface area contributed by atoms with Gasteiger partial charge in [0.1, 0.15) is 5.01 Å². The molecule has 2 heterocycles. The van der Waals surface area contributed by atoms with Crippen LogP contribution in [0.2, 0.25) is 5.02 Å². The van der Waals surface area contributed by atoms with E-state index in [2.05, 4.69) is 15.5 Å². The topological polar surface area (TPSA) is 75.2 Å². The lowest BCUT2D eigenvalue weighted by Gasteiger charge is -2.18. The molecular weight excluding hydrogens is 408 g/mol. The molecule has 0 spiro atoms. The summed E-state index contributed by atoms with van der Waals surface area (Å²) in [7, 11) is 0. The Morgan fingerprint density at radius 2 is 1.97 bits per heavy atom. The number of benzene rings is 2. The molecule has 6 nitrogen and oxygen atoms in total. The standard InChI is InChI=1S/C21H19ClN4O2S/c1-13-4-2-3-5-17(13)26-12-15(11-19(26)28)20-24-25-21(29-20)23-18(27)10-14-6-8-16(22)9-7-14/h2-9,15H,10-12H2,1H3,(H,23,25,27)/t15-/m0/s1. The molecule has 2 amide bonds. The van der Waals surface area contributed by atoms with Gasteiger partial charge in [0.25, 0.3) is 0 Å². The molecule has 0 unspecified atom stereocenters. The van der Waals surface area contributed by atoms with E-state index in [1.807, 2.05) is 43.3 Å². The lowest BCUT2D eigenvalue weighted by molar-refractivity contribution is -0.117. The van der Waals surface area contributed by atoms with Crippen molar-refractivity contribution < 1.29 is 9.59 Å². The first-order valence-corrected chi connectivity index (χ1v) is 10.4. The van der Waals surface area contributed by atoms with Crippen LogP contribution in [0, 0.1) is 6.92 Å². The van der Waals surface area contributed by atoms with Crippen LogP contribution in [0.15, 0.2) is 48.5 Å². The fourth-order valence-corrected chi connectivity index (χ4v) is 4.35. The number of aryl methyl sites for hydroxylation is 1. The van der Waals surface area contributed by atoms with Crippen molar-refractivity contribution in [2.45, 2.75) is 25.7 Å². The maximum absolute atomic E-state index is 12.5. The normalized spacial score (nSPS) is 16.3. The van der Waals surface area contributed by atoms with Crippen molar-refractivity contribution in [3.05, 3.63) is 69.7 Å². The van der Waals surface area contributed by atoms with Gasteiger partial charge in [0.2, 0.25) is 16.9 Å². The molecule has 1 aromatic heterocycles. The summed E-state index contributed by atoms with van der Waals surface area (Å²) in [5.41, 5.74) is 2.86. The van der Waals surface area contributed by atoms with Crippen LogP contribution in [0.5, 0.6) is 0 Å². The van der Waals surface area contributed by atoms with Crippen LogP contribution in [0.1, 0.15) is 28.5 Å². The van der Waals surface area contributed by atoms with E-state index in [-0.39, 0.29) is 24.2 Å². The molecule has 1 aliphatic heterocycles. The van der Waals surface area contributed by atoms with Crippen LogP contribution >= 0.6 is 22.9 Å². The SMILES string of the molecule is Cc1ccccc1N1C[C@@H](c2nnc(NC(=O)Cc3ccc(Cl)cc3)s2)CC1=O. The van der Waals surface area contributed by atoms with Gasteiger partial charge >= 0.3 is 0 Å². The predicted octanol–water partition coefficient (Wildman–Crippen LogP) is 4.20. The fourth-order valence-electron chi connectivity index (χ4n) is 3.37. The van der Waals surface area contributed by atoms with Crippen molar-refractivity contribution in [2.75, 3.05) is 16.8 Å². The molecule has 148 valence electrons. The Bertz CT molecular complexity index is 1050. The van der Waals surface area contributed by atoms with E-state index in [0.717, 1.165) is 21.8 Å². The third kappa shape index (κ3) is 4.46. The largest absolute Gasteiger partial charge is 0.311 e. The van der Waals surface area contributed by atoms with Crippen LogP contribution in [0.4, 0.5) is 10.8 Å². The molecule has 2 aromatic carbocycles. The number of hydrogen-bond donors (Lipinski definition) is 1. The van der Waals surface area contributed by atoms with Crippen molar-refractivity contribution in [3.8, 4) is 0 Å². The van der Waals surface area contributed by atoms with E-state index in [1.54, 1.807) is 17.0 Å². The lowest BCUT2D eigenvalue weighted by atomic mass is 10.1. The highest BCUT2D eigenvalue weighted by Crippen LogP contribution is 2.35. The smallest absolute Gasteiger partial charge is 0.230 e.